The summed E-state index contributed by atoms with van der Waals surface area (Å²) in [7, 11) is 0. The van der Waals surface area contributed by atoms with E-state index in [1.165, 1.54) is 0 Å². The minimum absolute atomic E-state index is 0.0806. The Morgan fingerprint density at radius 3 is 2.79 bits per heavy atom. The molecule has 0 saturated carbocycles. The molecule has 0 aromatic carbocycles. The monoisotopic (exact) mass is 259 g/mol. The molecule has 1 atom stereocenters. The van der Waals surface area contributed by atoms with Gasteiger partial charge in [-0.3, -0.25) is 4.68 Å². The van der Waals surface area contributed by atoms with Crippen LogP contribution in [0.4, 0.5) is 0 Å². The molecular formula is C14H21N5. The molecule has 0 spiro atoms. The lowest BCUT2D eigenvalue weighted by Crippen LogP contribution is -2.26. The van der Waals surface area contributed by atoms with Crippen molar-refractivity contribution in [3.63, 3.8) is 0 Å². The number of aromatic nitrogens is 4. The Morgan fingerprint density at radius 2 is 2.11 bits per heavy atom. The van der Waals surface area contributed by atoms with Gasteiger partial charge in [-0.15, -0.1) is 0 Å². The minimum atomic E-state index is 0.0806. The van der Waals surface area contributed by atoms with E-state index in [0.29, 0.717) is 0 Å². The van der Waals surface area contributed by atoms with Crippen LogP contribution in [0, 0.1) is 0 Å². The smallest absolute Gasteiger partial charge is 0.115 e. The van der Waals surface area contributed by atoms with Crippen molar-refractivity contribution < 1.29 is 0 Å². The molecule has 0 saturated heterocycles. The average Bonchev–Trinajstić information content (AvgIpc) is 2.89. The van der Waals surface area contributed by atoms with Crippen LogP contribution in [0.3, 0.4) is 0 Å². The Labute approximate surface area is 114 Å². The number of nitrogens with one attached hydrogen (secondary N) is 1. The maximum Gasteiger partial charge on any atom is 0.115 e. The topological polar surface area (TPSA) is 55.6 Å². The van der Waals surface area contributed by atoms with Gasteiger partial charge in [0.1, 0.15) is 6.33 Å². The van der Waals surface area contributed by atoms with E-state index in [0.717, 1.165) is 37.3 Å². The van der Waals surface area contributed by atoms with E-state index in [-0.39, 0.29) is 6.04 Å². The van der Waals surface area contributed by atoms with Crippen molar-refractivity contribution in [2.45, 2.75) is 39.3 Å². The van der Waals surface area contributed by atoms with Crippen molar-refractivity contribution in [2.75, 3.05) is 6.54 Å². The van der Waals surface area contributed by atoms with Crippen LogP contribution in [0.2, 0.25) is 0 Å². The fraction of sp³-hybridized carbons (Fsp3) is 0.500. The normalized spacial score (nSPS) is 12.5. The second kappa shape index (κ2) is 6.99. The first-order valence-corrected chi connectivity index (χ1v) is 6.87. The van der Waals surface area contributed by atoms with Crippen molar-refractivity contribution in [3.05, 3.63) is 42.2 Å². The van der Waals surface area contributed by atoms with Crippen molar-refractivity contribution in [1.82, 2.24) is 25.1 Å². The Morgan fingerprint density at radius 1 is 1.21 bits per heavy atom. The maximum absolute atomic E-state index is 4.39. The predicted molar refractivity (Wildman–Crippen MR) is 74.7 cm³/mol. The molecule has 102 valence electrons. The van der Waals surface area contributed by atoms with Crippen LogP contribution >= 0.6 is 0 Å². The largest absolute Gasteiger partial charge is 0.304 e. The summed E-state index contributed by atoms with van der Waals surface area (Å²) in [5.74, 6) is 0. The zero-order valence-corrected chi connectivity index (χ0v) is 11.6. The summed E-state index contributed by atoms with van der Waals surface area (Å²) in [4.78, 5) is 8.36. The summed E-state index contributed by atoms with van der Waals surface area (Å²) in [6.45, 7) is 6.20. The van der Waals surface area contributed by atoms with Crippen molar-refractivity contribution in [2.24, 2.45) is 0 Å². The number of hydrogen-bond acceptors (Lipinski definition) is 4. The Balaban J connectivity index is 2.29. The van der Waals surface area contributed by atoms with Crippen LogP contribution in [0.1, 0.15) is 44.1 Å². The first-order valence-electron chi connectivity index (χ1n) is 6.87. The SMILES string of the molecule is CCCNC(c1ccncn1)c1ccnn1CCC. The third kappa shape index (κ3) is 3.38. The van der Waals surface area contributed by atoms with Crippen LogP contribution < -0.4 is 5.32 Å². The van der Waals surface area contributed by atoms with E-state index >= 15 is 0 Å². The lowest BCUT2D eigenvalue weighted by molar-refractivity contribution is 0.505. The van der Waals surface area contributed by atoms with Crippen LogP contribution in [0.15, 0.2) is 30.9 Å². The van der Waals surface area contributed by atoms with Gasteiger partial charge < -0.3 is 5.32 Å². The number of hydrogen-bond donors (Lipinski definition) is 1. The van der Waals surface area contributed by atoms with Gasteiger partial charge in [0.25, 0.3) is 0 Å². The first-order chi connectivity index (χ1) is 9.36. The zero-order valence-electron chi connectivity index (χ0n) is 11.6. The van der Waals surface area contributed by atoms with Gasteiger partial charge in [0.15, 0.2) is 0 Å². The van der Waals surface area contributed by atoms with Gasteiger partial charge in [-0.25, -0.2) is 9.97 Å². The van der Waals surface area contributed by atoms with Gasteiger partial charge in [0.05, 0.1) is 17.4 Å². The molecule has 2 aromatic heterocycles. The van der Waals surface area contributed by atoms with Crippen molar-refractivity contribution in [1.29, 1.82) is 0 Å². The van der Waals surface area contributed by atoms with Crippen molar-refractivity contribution in [3.8, 4) is 0 Å². The lowest BCUT2D eigenvalue weighted by atomic mass is 10.1. The highest BCUT2D eigenvalue weighted by Gasteiger charge is 2.18. The maximum atomic E-state index is 4.39. The van der Waals surface area contributed by atoms with Gasteiger partial charge in [-0.05, 0) is 31.5 Å². The number of rotatable bonds is 7. The van der Waals surface area contributed by atoms with Crippen molar-refractivity contribution >= 4 is 0 Å². The molecule has 2 heterocycles. The third-order valence-corrected chi connectivity index (χ3v) is 2.98. The van der Waals surface area contributed by atoms with E-state index in [4.69, 9.17) is 0 Å². The summed E-state index contributed by atoms with van der Waals surface area (Å²) >= 11 is 0. The predicted octanol–water partition coefficient (Wildman–Crippen LogP) is 2.17. The first kappa shape index (κ1) is 13.7. The Kier molecular flexibility index (Phi) is 5.03. The number of nitrogens with zero attached hydrogens (tertiary/aromatic N) is 4. The van der Waals surface area contributed by atoms with E-state index in [1.807, 2.05) is 12.3 Å². The van der Waals surface area contributed by atoms with E-state index < -0.39 is 0 Å². The molecule has 1 N–H and O–H groups in total. The molecule has 0 aliphatic rings. The molecule has 5 heteroatoms. The summed E-state index contributed by atoms with van der Waals surface area (Å²) in [6.07, 6.45) is 7.38. The molecule has 2 rings (SSSR count). The molecule has 0 aliphatic carbocycles. The fourth-order valence-corrected chi connectivity index (χ4v) is 2.11. The van der Waals surface area contributed by atoms with Crippen LogP contribution in [0.25, 0.3) is 0 Å². The standard InChI is InChI=1S/C14H21N5/c1-3-7-16-14(12-5-8-15-11-17-12)13-6-9-18-19(13)10-4-2/h5-6,8-9,11,14,16H,3-4,7,10H2,1-2H3. The highest BCUT2D eigenvalue weighted by molar-refractivity contribution is 5.20. The lowest BCUT2D eigenvalue weighted by Gasteiger charge is -2.19. The molecule has 0 amide bonds. The quantitative estimate of drug-likeness (QED) is 0.828. The molecule has 1 unspecified atom stereocenters. The fourth-order valence-electron chi connectivity index (χ4n) is 2.11. The Bertz CT molecular complexity index is 480. The zero-order chi connectivity index (χ0) is 13.5. The van der Waals surface area contributed by atoms with Gasteiger partial charge in [0.2, 0.25) is 0 Å². The second-order valence-corrected chi connectivity index (χ2v) is 4.50. The molecule has 0 bridgehead atoms. The minimum Gasteiger partial charge on any atom is -0.304 e. The van der Waals surface area contributed by atoms with E-state index in [2.05, 4.69) is 45.0 Å². The second-order valence-electron chi connectivity index (χ2n) is 4.50. The molecular weight excluding hydrogens is 238 g/mol. The summed E-state index contributed by atoms with van der Waals surface area (Å²) in [5.41, 5.74) is 2.15. The average molecular weight is 259 g/mol. The molecule has 0 aliphatic heterocycles. The van der Waals surface area contributed by atoms with Gasteiger partial charge in [-0.2, -0.15) is 5.10 Å². The highest BCUT2D eigenvalue weighted by atomic mass is 15.3. The molecule has 2 aromatic rings. The van der Waals surface area contributed by atoms with Crippen LogP contribution in [0.5, 0.6) is 0 Å². The molecule has 0 radical (unpaired) electrons. The third-order valence-electron chi connectivity index (χ3n) is 2.98. The summed E-state index contributed by atoms with van der Waals surface area (Å²) in [5, 5.41) is 7.93. The summed E-state index contributed by atoms with van der Waals surface area (Å²) in [6, 6.07) is 4.10. The summed E-state index contributed by atoms with van der Waals surface area (Å²) < 4.78 is 2.05. The van der Waals surface area contributed by atoms with Gasteiger partial charge >= 0.3 is 0 Å². The molecule has 0 fully saturated rings. The van der Waals surface area contributed by atoms with Crippen LogP contribution in [-0.4, -0.2) is 26.3 Å². The highest BCUT2D eigenvalue weighted by Crippen LogP contribution is 2.19. The van der Waals surface area contributed by atoms with E-state index in [9.17, 15) is 0 Å². The van der Waals surface area contributed by atoms with Gasteiger partial charge in [0, 0.05) is 18.9 Å². The Hall–Kier alpha value is -1.75. The van der Waals surface area contributed by atoms with E-state index in [1.54, 1.807) is 12.5 Å². The van der Waals surface area contributed by atoms with Crippen LogP contribution in [-0.2, 0) is 6.54 Å². The number of aryl methyl sites for hydroxylation is 1. The molecule has 5 nitrogen and oxygen atoms in total. The molecule has 19 heavy (non-hydrogen) atoms. The van der Waals surface area contributed by atoms with Gasteiger partial charge in [-0.1, -0.05) is 13.8 Å².